The number of hydrogen-bond donors (Lipinski definition) is 1. The van der Waals surface area contributed by atoms with Crippen LogP contribution in [-0.4, -0.2) is 20.6 Å². The number of aliphatic carboxylic acids is 1. The SMILES string of the molecule is CCn1c(-c2ccc(/C=C(\C#N)C(=O)O)s2)nc(-c2ccc3c(c2)C(CC)(CC)c2cc(N(c4ccccc4)c4ccccc4)ccc2-3)c1-c1ccc2c(c1)C(CC)(CC)c1cc(N(c3ccccc3)c3ccccc3)ccc1-2. The summed E-state index contributed by atoms with van der Waals surface area (Å²) >= 11 is 1.44. The van der Waals surface area contributed by atoms with E-state index in [1.807, 2.05) is 18.2 Å². The standard InChI is InChI=1S/C71H61N5O2S/c1-6-70(7-2)61-42-47(31-36-57(61)59-38-33-54(44-63(59)70)75(50-23-15-11-16-24-50)51-25-17-12-18-26-51)66-67(74(10-5)68(73-66)65-40-35-56(79-65)41-49(46-72)69(77)78)48-32-37-58-60-39-34-55(45-64(60)71(8-3,9-4)62(58)43-48)76(52-27-19-13-20-28-52)53-29-21-14-22-30-53/h11-45H,6-10H2,1-5H3,(H,77,78)/b49-41+. The van der Waals surface area contributed by atoms with E-state index < -0.39 is 5.97 Å². The van der Waals surface area contributed by atoms with E-state index in [4.69, 9.17) is 4.98 Å². The molecule has 8 heteroatoms. The Kier molecular flexibility index (Phi) is 13.3. The summed E-state index contributed by atoms with van der Waals surface area (Å²) in [5.74, 6) is -0.451. The van der Waals surface area contributed by atoms with E-state index in [0.29, 0.717) is 11.4 Å². The average molecular weight is 1050 g/mol. The first-order valence-electron chi connectivity index (χ1n) is 27.6. The molecule has 2 aliphatic carbocycles. The van der Waals surface area contributed by atoms with E-state index in [1.54, 1.807) is 0 Å². The van der Waals surface area contributed by atoms with Crippen molar-refractivity contribution in [1.82, 2.24) is 9.55 Å². The molecule has 2 heterocycles. The molecule has 2 aromatic heterocycles. The Bertz CT molecular complexity index is 3920. The van der Waals surface area contributed by atoms with E-state index in [2.05, 4.69) is 243 Å². The molecule has 0 fully saturated rings. The fraction of sp³-hybridized carbons (Fsp3) is 0.169. The molecule has 0 aliphatic heterocycles. The van der Waals surface area contributed by atoms with Crippen LogP contribution in [0.1, 0.15) is 87.4 Å². The monoisotopic (exact) mass is 1050 g/mol. The highest BCUT2D eigenvalue weighted by Crippen LogP contribution is 2.58. The molecule has 12 rings (SSSR count). The molecule has 0 saturated heterocycles. The third kappa shape index (κ3) is 8.39. The largest absolute Gasteiger partial charge is 0.477 e. The molecular formula is C71H61N5O2S. The van der Waals surface area contributed by atoms with Crippen LogP contribution >= 0.6 is 11.3 Å². The molecular weight excluding hydrogens is 987 g/mol. The summed E-state index contributed by atoms with van der Waals surface area (Å²) in [6.07, 6.45) is 5.12. The zero-order valence-corrected chi connectivity index (χ0v) is 46.1. The maximum Gasteiger partial charge on any atom is 0.346 e. The van der Waals surface area contributed by atoms with Crippen LogP contribution in [0.25, 0.3) is 61.5 Å². The number of carboxylic acid groups (broad SMARTS) is 1. The lowest BCUT2D eigenvalue weighted by Crippen LogP contribution is -2.23. The number of carboxylic acids is 1. The molecule has 7 nitrogen and oxygen atoms in total. The number of thiophene rings is 1. The Balaban J connectivity index is 1.02. The second-order valence-electron chi connectivity index (χ2n) is 20.6. The van der Waals surface area contributed by atoms with Crippen molar-refractivity contribution in [2.24, 2.45) is 0 Å². The molecule has 1 N–H and O–H groups in total. The highest BCUT2D eigenvalue weighted by molar-refractivity contribution is 7.16. The number of nitriles is 1. The van der Waals surface area contributed by atoms with Crippen molar-refractivity contribution in [3.8, 4) is 61.5 Å². The van der Waals surface area contributed by atoms with Crippen molar-refractivity contribution in [3.63, 3.8) is 0 Å². The van der Waals surface area contributed by atoms with Gasteiger partial charge < -0.3 is 19.5 Å². The maximum atomic E-state index is 12.0. The second-order valence-corrected chi connectivity index (χ2v) is 21.7. The summed E-state index contributed by atoms with van der Waals surface area (Å²) in [4.78, 5) is 23.9. The van der Waals surface area contributed by atoms with Crippen molar-refractivity contribution >= 4 is 57.5 Å². The number of benzene rings is 8. The third-order valence-electron chi connectivity index (χ3n) is 17.0. The van der Waals surface area contributed by atoms with Crippen molar-refractivity contribution < 1.29 is 9.90 Å². The summed E-state index contributed by atoms with van der Waals surface area (Å²) in [5, 5.41) is 19.5. The molecule has 0 radical (unpaired) electrons. The van der Waals surface area contributed by atoms with E-state index in [0.717, 1.165) is 93.0 Å². The zero-order chi connectivity index (χ0) is 54.4. The number of hydrogen-bond acceptors (Lipinski definition) is 6. The third-order valence-corrected chi connectivity index (χ3v) is 18.0. The Morgan fingerprint density at radius 2 is 0.937 bits per heavy atom. The van der Waals surface area contributed by atoms with Crippen LogP contribution in [-0.2, 0) is 22.2 Å². The van der Waals surface area contributed by atoms with Gasteiger partial charge in [-0.2, -0.15) is 5.26 Å². The molecule has 388 valence electrons. The Morgan fingerprint density at radius 1 is 0.532 bits per heavy atom. The summed E-state index contributed by atoms with van der Waals surface area (Å²) < 4.78 is 2.33. The molecule has 0 saturated carbocycles. The lowest BCUT2D eigenvalue weighted by Gasteiger charge is -2.32. The summed E-state index contributed by atoms with van der Waals surface area (Å²) in [5.41, 5.74) is 20.2. The van der Waals surface area contributed by atoms with Crippen LogP contribution in [0.2, 0.25) is 0 Å². The lowest BCUT2D eigenvalue weighted by molar-refractivity contribution is -0.132. The molecule has 0 bridgehead atoms. The van der Waals surface area contributed by atoms with Gasteiger partial charge in [0, 0.05) is 67.5 Å². The molecule has 79 heavy (non-hydrogen) atoms. The number of para-hydroxylation sites is 4. The molecule has 0 atom stereocenters. The smallest absolute Gasteiger partial charge is 0.346 e. The minimum Gasteiger partial charge on any atom is -0.477 e. The van der Waals surface area contributed by atoms with E-state index in [1.165, 1.54) is 61.9 Å². The average Bonchev–Trinajstić information content (AvgIpc) is 4.47. The topological polar surface area (TPSA) is 85.4 Å². The minimum absolute atomic E-state index is 0.260. The Hall–Kier alpha value is -9.03. The summed E-state index contributed by atoms with van der Waals surface area (Å²) in [6.45, 7) is 12.1. The van der Waals surface area contributed by atoms with Gasteiger partial charge in [-0.25, -0.2) is 9.78 Å². The number of fused-ring (bicyclic) bond motifs is 6. The summed E-state index contributed by atoms with van der Waals surface area (Å²) in [7, 11) is 0. The number of aromatic nitrogens is 2. The van der Waals surface area contributed by atoms with E-state index >= 15 is 0 Å². The van der Waals surface area contributed by atoms with Crippen LogP contribution in [0.3, 0.4) is 0 Å². The molecule has 0 unspecified atom stereocenters. The summed E-state index contributed by atoms with van der Waals surface area (Å²) in [6, 6.07) is 76.4. The Labute approximate surface area is 467 Å². The number of carbonyl (C=O) groups is 1. The van der Waals surface area contributed by atoms with Gasteiger partial charge >= 0.3 is 5.97 Å². The van der Waals surface area contributed by atoms with Gasteiger partial charge in [0.15, 0.2) is 5.82 Å². The predicted molar refractivity (Wildman–Crippen MR) is 326 cm³/mol. The zero-order valence-electron chi connectivity index (χ0n) is 45.2. The number of rotatable bonds is 16. The van der Waals surface area contributed by atoms with Gasteiger partial charge in [-0.3, -0.25) is 0 Å². The maximum absolute atomic E-state index is 12.0. The van der Waals surface area contributed by atoms with Gasteiger partial charge in [0.05, 0.1) is 16.3 Å². The van der Waals surface area contributed by atoms with E-state index in [-0.39, 0.29) is 16.4 Å². The van der Waals surface area contributed by atoms with Gasteiger partial charge in [-0.05, 0) is 180 Å². The normalized spacial score (nSPS) is 13.5. The van der Waals surface area contributed by atoms with Crippen molar-refractivity contribution in [1.29, 1.82) is 5.26 Å². The quantitative estimate of drug-likeness (QED) is 0.0767. The molecule has 8 aromatic carbocycles. The molecule has 0 amide bonds. The molecule has 10 aromatic rings. The minimum atomic E-state index is -1.25. The second kappa shape index (κ2) is 20.7. The highest BCUT2D eigenvalue weighted by Gasteiger charge is 2.43. The van der Waals surface area contributed by atoms with Crippen LogP contribution < -0.4 is 9.80 Å². The van der Waals surface area contributed by atoms with Gasteiger partial charge in [-0.15, -0.1) is 11.3 Å². The predicted octanol–water partition coefficient (Wildman–Crippen LogP) is 19.1. The van der Waals surface area contributed by atoms with Crippen molar-refractivity contribution in [2.45, 2.75) is 77.7 Å². The van der Waals surface area contributed by atoms with Crippen LogP contribution in [0.15, 0.2) is 212 Å². The van der Waals surface area contributed by atoms with Gasteiger partial charge in [-0.1, -0.05) is 137 Å². The first kappa shape index (κ1) is 50.8. The first-order chi connectivity index (χ1) is 38.7. The lowest BCUT2D eigenvalue weighted by atomic mass is 9.73. The van der Waals surface area contributed by atoms with Gasteiger partial charge in [0.1, 0.15) is 11.6 Å². The highest BCUT2D eigenvalue weighted by atomic mass is 32.1. The first-order valence-corrected chi connectivity index (χ1v) is 28.5. The van der Waals surface area contributed by atoms with Gasteiger partial charge in [0.2, 0.25) is 0 Å². The fourth-order valence-electron chi connectivity index (χ4n) is 13.0. The Morgan fingerprint density at radius 3 is 1.34 bits per heavy atom. The van der Waals surface area contributed by atoms with Crippen molar-refractivity contribution in [2.75, 3.05) is 9.80 Å². The van der Waals surface area contributed by atoms with Crippen LogP contribution in [0.4, 0.5) is 34.1 Å². The molecule has 2 aliphatic rings. The van der Waals surface area contributed by atoms with Crippen LogP contribution in [0.5, 0.6) is 0 Å². The number of nitrogens with zero attached hydrogens (tertiary/aromatic N) is 5. The van der Waals surface area contributed by atoms with Crippen molar-refractivity contribution in [3.05, 3.63) is 239 Å². The van der Waals surface area contributed by atoms with E-state index in [9.17, 15) is 15.2 Å². The molecule has 0 spiro atoms. The fourth-order valence-corrected chi connectivity index (χ4v) is 14.0. The van der Waals surface area contributed by atoms with Gasteiger partial charge in [0.25, 0.3) is 0 Å². The number of anilines is 6. The van der Waals surface area contributed by atoms with Crippen LogP contribution in [0, 0.1) is 11.3 Å². The number of imidazole rings is 1.